The van der Waals surface area contributed by atoms with Crippen LogP contribution in [-0.4, -0.2) is 24.2 Å². The van der Waals surface area contributed by atoms with Gasteiger partial charge in [0.15, 0.2) is 5.58 Å². The van der Waals surface area contributed by atoms with E-state index in [1.807, 2.05) is 6.07 Å². The van der Waals surface area contributed by atoms with Crippen molar-refractivity contribution in [3.8, 4) is 5.75 Å². The van der Waals surface area contributed by atoms with Gasteiger partial charge in [-0.25, -0.2) is 0 Å². The van der Waals surface area contributed by atoms with E-state index in [0.29, 0.717) is 19.4 Å². The molecule has 0 bridgehead atoms. The topological polar surface area (TPSA) is 64.4 Å². The molecule has 1 aromatic carbocycles. The van der Waals surface area contributed by atoms with Crippen LogP contribution in [0.3, 0.4) is 0 Å². The lowest BCUT2D eigenvalue weighted by Gasteiger charge is -2.16. The first-order chi connectivity index (χ1) is 13.9. The maximum atomic E-state index is 11.9. The number of benzene rings is 1. The van der Waals surface area contributed by atoms with Crippen LogP contribution in [0, 0.1) is 5.41 Å². The van der Waals surface area contributed by atoms with Gasteiger partial charge in [0, 0.05) is 23.9 Å². The molecule has 1 N–H and O–H groups in total. The van der Waals surface area contributed by atoms with E-state index < -0.39 is 0 Å². The normalized spacial score (nSPS) is 11.8. The molecule has 1 heterocycles. The second-order valence-electron chi connectivity index (χ2n) is 9.04. The predicted octanol–water partition coefficient (Wildman–Crippen LogP) is 5.83. The molecule has 5 nitrogen and oxygen atoms in total. The number of unbranched alkanes of at least 4 members (excludes halogenated alkanes) is 2. The van der Waals surface area contributed by atoms with Crippen molar-refractivity contribution in [3.05, 3.63) is 23.4 Å². The molecule has 0 atom stereocenters. The van der Waals surface area contributed by atoms with Gasteiger partial charge in [0.1, 0.15) is 5.75 Å². The van der Waals surface area contributed by atoms with Crippen molar-refractivity contribution in [3.63, 3.8) is 0 Å². The summed E-state index contributed by atoms with van der Waals surface area (Å²) in [4.78, 5) is 11.9. The minimum Gasteiger partial charge on any atom is -0.493 e. The largest absolute Gasteiger partial charge is 0.493 e. The molecule has 2 aromatic rings. The number of carbonyl (C=O) groups excluding carboxylic acids is 1. The van der Waals surface area contributed by atoms with Crippen molar-refractivity contribution >= 4 is 16.9 Å². The van der Waals surface area contributed by atoms with Gasteiger partial charge in [-0.05, 0) is 43.2 Å². The number of ether oxygens (including phenoxy) is 1. The van der Waals surface area contributed by atoms with Crippen molar-refractivity contribution in [1.82, 2.24) is 10.5 Å². The van der Waals surface area contributed by atoms with Crippen molar-refractivity contribution in [1.29, 1.82) is 0 Å². The second kappa shape index (κ2) is 11.2. The summed E-state index contributed by atoms with van der Waals surface area (Å²) < 4.78 is 11.8. The zero-order valence-electron chi connectivity index (χ0n) is 18.9. The summed E-state index contributed by atoms with van der Waals surface area (Å²) in [6, 6.07) is 4.09. The molecule has 0 unspecified atom stereocenters. The summed E-state index contributed by atoms with van der Waals surface area (Å²) in [6.45, 7) is 12.2. The number of hydrogen-bond donors (Lipinski definition) is 1. The van der Waals surface area contributed by atoms with E-state index >= 15 is 0 Å². The van der Waals surface area contributed by atoms with E-state index in [4.69, 9.17) is 9.26 Å². The van der Waals surface area contributed by atoms with Gasteiger partial charge in [0.05, 0.1) is 12.3 Å². The molecule has 0 spiro atoms. The number of hydrogen-bond acceptors (Lipinski definition) is 4. The molecule has 0 aliphatic carbocycles. The zero-order chi connectivity index (χ0) is 21.3. The Hall–Kier alpha value is -2.04. The average molecular weight is 403 g/mol. The monoisotopic (exact) mass is 402 g/mol. The molecule has 162 valence electrons. The van der Waals surface area contributed by atoms with Crippen LogP contribution >= 0.6 is 0 Å². The number of nitrogens with zero attached hydrogens (tertiary/aromatic N) is 1. The molecule has 0 radical (unpaired) electrons. The number of aryl methyl sites for hydroxylation is 1. The minimum absolute atomic E-state index is 0.107. The smallest absolute Gasteiger partial charge is 0.220 e. The van der Waals surface area contributed by atoms with Crippen LogP contribution in [-0.2, 0) is 17.6 Å². The molecule has 29 heavy (non-hydrogen) atoms. The highest BCUT2D eigenvalue weighted by Crippen LogP contribution is 2.33. The van der Waals surface area contributed by atoms with Crippen LogP contribution in [0.4, 0.5) is 0 Å². The minimum atomic E-state index is 0.107. The lowest BCUT2D eigenvalue weighted by Crippen LogP contribution is -2.24. The van der Waals surface area contributed by atoms with Crippen LogP contribution in [0.5, 0.6) is 5.75 Å². The highest BCUT2D eigenvalue weighted by molar-refractivity contribution is 5.84. The highest BCUT2D eigenvalue weighted by Gasteiger charge is 2.20. The van der Waals surface area contributed by atoms with Gasteiger partial charge in [-0.2, -0.15) is 0 Å². The molecule has 0 fully saturated rings. The third-order valence-electron chi connectivity index (χ3n) is 4.88. The number of aromatic nitrogens is 1. The average Bonchev–Trinajstić information content (AvgIpc) is 3.05. The molecular weight excluding hydrogens is 364 g/mol. The Morgan fingerprint density at radius 1 is 1.14 bits per heavy atom. The standard InChI is InChI=1S/C24H38N2O3/c1-6-8-9-15-25-22(27)12-10-16-28-21-14-13-18-20(17-24(3,4)5)26-29-23(18)19(21)11-7-2/h13-14H,6-12,15-17H2,1-5H3,(H,25,27). The van der Waals surface area contributed by atoms with Gasteiger partial charge in [0.25, 0.3) is 0 Å². The SMILES string of the molecule is CCCCCNC(=O)CCCOc1ccc2c(CC(C)(C)C)noc2c1CCC. The summed E-state index contributed by atoms with van der Waals surface area (Å²) >= 11 is 0. The van der Waals surface area contributed by atoms with E-state index in [-0.39, 0.29) is 11.3 Å². The first-order valence-corrected chi connectivity index (χ1v) is 11.1. The van der Waals surface area contributed by atoms with Crippen LogP contribution < -0.4 is 10.1 Å². The number of nitrogens with one attached hydrogen (secondary N) is 1. The maximum Gasteiger partial charge on any atom is 0.220 e. The quantitative estimate of drug-likeness (QED) is 0.453. The van der Waals surface area contributed by atoms with E-state index in [2.05, 4.69) is 51.2 Å². The molecule has 0 aliphatic rings. The molecular formula is C24H38N2O3. The van der Waals surface area contributed by atoms with Gasteiger partial charge >= 0.3 is 0 Å². The molecule has 2 rings (SSSR count). The van der Waals surface area contributed by atoms with Crippen LogP contribution in [0.15, 0.2) is 16.7 Å². The first kappa shape index (κ1) is 23.2. The molecule has 1 aromatic heterocycles. The molecule has 1 amide bonds. The Morgan fingerprint density at radius 3 is 2.62 bits per heavy atom. The van der Waals surface area contributed by atoms with Crippen molar-refractivity contribution < 1.29 is 14.1 Å². The fourth-order valence-electron chi connectivity index (χ4n) is 3.45. The van der Waals surface area contributed by atoms with Gasteiger partial charge in [-0.1, -0.05) is 59.0 Å². The molecule has 0 aliphatic heterocycles. The Kier molecular flexibility index (Phi) is 8.99. The van der Waals surface area contributed by atoms with Crippen LogP contribution in [0.1, 0.15) is 84.4 Å². The van der Waals surface area contributed by atoms with Gasteiger partial charge in [0.2, 0.25) is 5.91 Å². The summed E-state index contributed by atoms with van der Waals surface area (Å²) in [5.74, 6) is 0.956. The fraction of sp³-hybridized carbons (Fsp3) is 0.667. The number of amides is 1. The first-order valence-electron chi connectivity index (χ1n) is 11.1. The van der Waals surface area contributed by atoms with E-state index in [1.165, 1.54) is 0 Å². The van der Waals surface area contributed by atoms with E-state index in [1.54, 1.807) is 0 Å². The van der Waals surface area contributed by atoms with Crippen molar-refractivity contribution in [2.45, 2.75) is 86.0 Å². The van der Waals surface area contributed by atoms with E-state index in [0.717, 1.165) is 73.0 Å². The molecule has 5 heteroatoms. The predicted molar refractivity (Wildman–Crippen MR) is 118 cm³/mol. The third-order valence-corrected chi connectivity index (χ3v) is 4.88. The van der Waals surface area contributed by atoms with Gasteiger partial charge in [-0.15, -0.1) is 0 Å². The number of carbonyl (C=O) groups is 1. The summed E-state index contributed by atoms with van der Waals surface area (Å²) in [7, 11) is 0. The summed E-state index contributed by atoms with van der Waals surface area (Å²) in [6.07, 6.45) is 7.33. The van der Waals surface area contributed by atoms with Crippen molar-refractivity contribution in [2.24, 2.45) is 5.41 Å². The Bertz CT molecular complexity index is 774. The third kappa shape index (κ3) is 7.37. The Morgan fingerprint density at radius 2 is 1.93 bits per heavy atom. The van der Waals surface area contributed by atoms with Gasteiger partial charge in [-0.3, -0.25) is 4.79 Å². The fourth-order valence-corrected chi connectivity index (χ4v) is 3.45. The lowest BCUT2D eigenvalue weighted by atomic mass is 9.89. The molecule has 0 saturated carbocycles. The highest BCUT2D eigenvalue weighted by atomic mass is 16.5. The zero-order valence-corrected chi connectivity index (χ0v) is 18.9. The molecule has 0 saturated heterocycles. The van der Waals surface area contributed by atoms with Gasteiger partial charge < -0.3 is 14.6 Å². The second-order valence-corrected chi connectivity index (χ2v) is 9.04. The number of fused-ring (bicyclic) bond motifs is 1. The Balaban J connectivity index is 1.96. The Labute approximate surface area is 175 Å². The van der Waals surface area contributed by atoms with Crippen molar-refractivity contribution in [2.75, 3.05) is 13.2 Å². The van der Waals surface area contributed by atoms with Crippen LogP contribution in [0.2, 0.25) is 0 Å². The van der Waals surface area contributed by atoms with Crippen LogP contribution in [0.25, 0.3) is 11.0 Å². The van der Waals surface area contributed by atoms with E-state index in [9.17, 15) is 4.79 Å². The summed E-state index contributed by atoms with van der Waals surface area (Å²) in [5.41, 5.74) is 3.09. The number of rotatable bonds is 12. The maximum absolute atomic E-state index is 11.9. The summed E-state index contributed by atoms with van der Waals surface area (Å²) in [5, 5.41) is 8.40. The lowest BCUT2D eigenvalue weighted by molar-refractivity contribution is -0.121.